The summed E-state index contributed by atoms with van der Waals surface area (Å²) >= 11 is 0. The summed E-state index contributed by atoms with van der Waals surface area (Å²) in [6.07, 6.45) is 10.5. The van der Waals surface area contributed by atoms with Crippen LogP contribution in [0.25, 0.3) is 0 Å². The molecule has 2 fully saturated rings. The highest BCUT2D eigenvalue weighted by atomic mass is 16.2. The van der Waals surface area contributed by atoms with E-state index in [1.807, 2.05) is 12.4 Å². The highest BCUT2D eigenvalue weighted by Crippen LogP contribution is 2.23. The molecule has 1 saturated heterocycles. The van der Waals surface area contributed by atoms with Crippen molar-refractivity contribution in [2.24, 2.45) is 5.92 Å². The van der Waals surface area contributed by atoms with Crippen LogP contribution < -0.4 is 10.6 Å². The van der Waals surface area contributed by atoms with Gasteiger partial charge in [0.25, 0.3) is 0 Å². The molecule has 24 heavy (non-hydrogen) atoms. The van der Waals surface area contributed by atoms with Crippen LogP contribution in [0.5, 0.6) is 0 Å². The van der Waals surface area contributed by atoms with Crippen LogP contribution in [0.4, 0.5) is 4.79 Å². The van der Waals surface area contributed by atoms with E-state index in [0.29, 0.717) is 12.1 Å². The van der Waals surface area contributed by atoms with Crippen LogP contribution in [-0.2, 0) is 6.54 Å². The second kappa shape index (κ2) is 8.47. The predicted molar refractivity (Wildman–Crippen MR) is 95.6 cm³/mol. The van der Waals surface area contributed by atoms with E-state index in [1.54, 1.807) is 0 Å². The molecule has 2 aliphatic rings. The minimum Gasteiger partial charge on any atom is -0.335 e. The van der Waals surface area contributed by atoms with Crippen molar-refractivity contribution >= 4 is 6.03 Å². The first-order chi connectivity index (χ1) is 11.7. The van der Waals surface area contributed by atoms with Crippen molar-refractivity contribution in [2.45, 2.75) is 64.1 Å². The number of hydrogen-bond acceptors (Lipinski definition) is 3. The predicted octanol–water partition coefficient (Wildman–Crippen LogP) is 2.92. The zero-order chi connectivity index (χ0) is 16.8. The van der Waals surface area contributed by atoms with E-state index in [-0.39, 0.29) is 6.03 Å². The van der Waals surface area contributed by atoms with Crippen molar-refractivity contribution in [1.82, 2.24) is 20.5 Å². The number of carbonyl (C=O) groups is 1. The van der Waals surface area contributed by atoms with E-state index in [9.17, 15) is 4.79 Å². The highest BCUT2D eigenvalue weighted by molar-refractivity contribution is 5.74. The van der Waals surface area contributed by atoms with Gasteiger partial charge < -0.3 is 10.6 Å². The number of likely N-dealkylation sites (tertiary alicyclic amines) is 1. The SMILES string of the molecule is C[C@H]1CCC[C@H](NC(=O)NC2CCN(Cc3ccncc3)CC2)C1. The first-order valence-electron chi connectivity index (χ1n) is 9.37. The van der Waals surface area contributed by atoms with Crippen LogP contribution in [0.15, 0.2) is 24.5 Å². The van der Waals surface area contributed by atoms with Crippen LogP contribution in [-0.4, -0.2) is 41.1 Å². The van der Waals surface area contributed by atoms with Gasteiger partial charge in [-0.3, -0.25) is 9.88 Å². The van der Waals surface area contributed by atoms with Crippen molar-refractivity contribution in [1.29, 1.82) is 0 Å². The highest BCUT2D eigenvalue weighted by Gasteiger charge is 2.23. The average Bonchev–Trinajstić information content (AvgIpc) is 2.57. The smallest absolute Gasteiger partial charge is 0.315 e. The molecule has 0 spiro atoms. The maximum Gasteiger partial charge on any atom is 0.315 e. The number of nitrogens with one attached hydrogen (secondary N) is 2. The quantitative estimate of drug-likeness (QED) is 0.892. The Hall–Kier alpha value is -1.62. The molecule has 0 radical (unpaired) electrons. The average molecular weight is 330 g/mol. The van der Waals surface area contributed by atoms with Gasteiger partial charge in [0.1, 0.15) is 0 Å². The van der Waals surface area contributed by atoms with Crippen molar-refractivity contribution in [2.75, 3.05) is 13.1 Å². The monoisotopic (exact) mass is 330 g/mol. The van der Waals surface area contributed by atoms with E-state index in [4.69, 9.17) is 0 Å². The standard InChI is InChI=1S/C19H30N4O/c1-15-3-2-4-18(13-15)22-19(24)21-17-7-11-23(12-8-17)14-16-5-9-20-10-6-16/h5-6,9-10,15,17-18H,2-4,7-8,11-14H2,1H3,(H2,21,22,24)/t15-,18-/m0/s1. The fourth-order valence-corrected chi connectivity index (χ4v) is 3.96. The molecule has 3 rings (SSSR count). The van der Waals surface area contributed by atoms with Crippen LogP contribution in [0.2, 0.25) is 0 Å². The first-order valence-corrected chi connectivity index (χ1v) is 9.37. The minimum atomic E-state index is 0.0293. The third kappa shape index (κ3) is 5.20. The van der Waals surface area contributed by atoms with Gasteiger partial charge >= 0.3 is 6.03 Å². The van der Waals surface area contributed by atoms with Gasteiger partial charge in [-0.1, -0.05) is 19.8 Å². The van der Waals surface area contributed by atoms with Crippen molar-refractivity contribution in [3.05, 3.63) is 30.1 Å². The Morgan fingerprint density at radius 1 is 1.12 bits per heavy atom. The van der Waals surface area contributed by atoms with Gasteiger partial charge in [-0.15, -0.1) is 0 Å². The molecule has 1 aliphatic heterocycles. The van der Waals surface area contributed by atoms with Gasteiger partial charge in [0.2, 0.25) is 0 Å². The molecule has 0 unspecified atom stereocenters. The fourth-order valence-electron chi connectivity index (χ4n) is 3.96. The molecule has 5 nitrogen and oxygen atoms in total. The number of pyridine rings is 1. The van der Waals surface area contributed by atoms with Crippen molar-refractivity contribution in [3.8, 4) is 0 Å². The van der Waals surface area contributed by atoms with Crippen LogP contribution in [0.1, 0.15) is 51.0 Å². The summed E-state index contributed by atoms with van der Waals surface area (Å²) in [5.41, 5.74) is 1.31. The van der Waals surface area contributed by atoms with E-state index in [0.717, 1.165) is 51.2 Å². The summed E-state index contributed by atoms with van der Waals surface area (Å²) in [6, 6.07) is 4.84. The number of nitrogens with zero attached hydrogens (tertiary/aromatic N) is 2. The van der Waals surface area contributed by atoms with E-state index >= 15 is 0 Å². The van der Waals surface area contributed by atoms with Gasteiger partial charge in [0.15, 0.2) is 0 Å². The maximum absolute atomic E-state index is 12.2. The van der Waals surface area contributed by atoms with Crippen LogP contribution in [0, 0.1) is 5.92 Å². The summed E-state index contributed by atoms with van der Waals surface area (Å²) in [4.78, 5) is 18.7. The fraction of sp³-hybridized carbons (Fsp3) is 0.684. The lowest BCUT2D eigenvalue weighted by Crippen LogP contribution is -2.50. The van der Waals surface area contributed by atoms with Gasteiger partial charge in [-0.2, -0.15) is 0 Å². The molecule has 2 atom stereocenters. The number of piperidine rings is 1. The molecule has 5 heteroatoms. The molecule has 1 aliphatic carbocycles. The lowest BCUT2D eigenvalue weighted by atomic mass is 9.87. The number of urea groups is 1. The Bertz CT molecular complexity index is 513. The molecular weight excluding hydrogens is 300 g/mol. The van der Waals surface area contributed by atoms with Gasteiger partial charge in [-0.25, -0.2) is 4.79 Å². The van der Waals surface area contributed by atoms with Crippen LogP contribution in [0.3, 0.4) is 0 Å². The number of hydrogen-bond donors (Lipinski definition) is 2. The van der Waals surface area contributed by atoms with E-state index < -0.39 is 0 Å². The largest absolute Gasteiger partial charge is 0.335 e. The van der Waals surface area contributed by atoms with Gasteiger partial charge in [0.05, 0.1) is 0 Å². The van der Waals surface area contributed by atoms with Gasteiger partial charge in [0, 0.05) is 44.1 Å². The van der Waals surface area contributed by atoms with Gasteiger partial charge in [-0.05, 0) is 49.3 Å². The molecule has 2 heterocycles. The normalized spacial score (nSPS) is 26.0. The number of rotatable bonds is 4. The van der Waals surface area contributed by atoms with Crippen molar-refractivity contribution in [3.63, 3.8) is 0 Å². The van der Waals surface area contributed by atoms with Crippen molar-refractivity contribution < 1.29 is 4.79 Å². The number of carbonyl (C=O) groups excluding carboxylic acids is 1. The Kier molecular flexibility index (Phi) is 6.07. The number of aromatic nitrogens is 1. The molecule has 1 saturated carbocycles. The molecule has 0 bridgehead atoms. The summed E-state index contributed by atoms with van der Waals surface area (Å²) in [6.45, 7) is 5.33. The first kappa shape index (κ1) is 17.2. The minimum absolute atomic E-state index is 0.0293. The zero-order valence-corrected chi connectivity index (χ0v) is 14.7. The maximum atomic E-state index is 12.2. The Morgan fingerprint density at radius 2 is 1.83 bits per heavy atom. The molecule has 1 aromatic heterocycles. The second-order valence-corrected chi connectivity index (χ2v) is 7.49. The summed E-state index contributed by atoms with van der Waals surface area (Å²) in [5.74, 6) is 0.737. The lowest BCUT2D eigenvalue weighted by Gasteiger charge is -2.33. The molecular formula is C19H30N4O. The summed E-state index contributed by atoms with van der Waals surface area (Å²) in [5, 5.41) is 6.36. The molecule has 2 N–H and O–H groups in total. The lowest BCUT2D eigenvalue weighted by molar-refractivity contribution is 0.183. The molecule has 0 aromatic carbocycles. The van der Waals surface area contributed by atoms with E-state index in [1.165, 1.54) is 18.4 Å². The summed E-state index contributed by atoms with van der Waals surface area (Å²) < 4.78 is 0. The molecule has 2 amide bonds. The third-order valence-electron chi connectivity index (χ3n) is 5.35. The Balaban J connectivity index is 1.36. The molecule has 1 aromatic rings. The van der Waals surface area contributed by atoms with Crippen LogP contribution >= 0.6 is 0 Å². The topological polar surface area (TPSA) is 57.3 Å². The number of amides is 2. The Labute approximate surface area is 145 Å². The Morgan fingerprint density at radius 3 is 2.54 bits per heavy atom. The second-order valence-electron chi connectivity index (χ2n) is 7.49. The third-order valence-corrected chi connectivity index (χ3v) is 5.35. The van der Waals surface area contributed by atoms with E-state index in [2.05, 4.69) is 39.6 Å². The summed E-state index contributed by atoms with van der Waals surface area (Å²) in [7, 11) is 0. The zero-order valence-electron chi connectivity index (χ0n) is 14.7. The molecule has 132 valence electrons.